The fraction of sp³-hybridized carbons (Fsp3) is 0.118. The highest BCUT2D eigenvalue weighted by Crippen LogP contribution is 2.26. The van der Waals surface area contributed by atoms with Gasteiger partial charge in [-0.2, -0.15) is 4.98 Å². The molecule has 2 aromatic carbocycles. The summed E-state index contributed by atoms with van der Waals surface area (Å²) < 4.78 is 0. The smallest absolute Gasteiger partial charge is 0.322 e. The van der Waals surface area contributed by atoms with Crippen molar-refractivity contribution in [2.45, 2.75) is 6.92 Å². The van der Waals surface area contributed by atoms with Crippen LogP contribution in [0.3, 0.4) is 0 Å². The molecule has 0 aliphatic heterocycles. The van der Waals surface area contributed by atoms with Crippen LogP contribution >= 0.6 is 11.6 Å². The van der Waals surface area contributed by atoms with E-state index in [1.165, 1.54) is 0 Å². The molecule has 1 heterocycles. The third-order valence-electron chi connectivity index (χ3n) is 3.45. The number of benzene rings is 2. The van der Waals surface area contributed by atoms with E-state index in [9.17, 15) is 4.79 Å². The summed E-state index contributed by atoms with van der Waals surface area (Å²) in [7, 11) is 0. The van der Waals surface area contributed by atoms with Gasteiger partial charge in [0.1, 0.15) is 12.4 Å². The Hall–Kier alpha value is -2.86. The molecule has 0 unspecified atom stereocenters. The molecule has 0 fully saturated rings. The van der Waals surface area contributed by atoms with Gasteiger partial charge in [-0.3, -0.25) is 4.79 Å². The second-order valence-electron chi connectivity index (χ2n) is 5.24. The van der Waals surface area contributed by atoms with E-state index in [2.05, 4.69) is 20.6 Å². The number of para-hydroxylation sites is 1. The van der Waals surface area contributed by atoms with Gasteiger partial charge in [0.2, 0.25) is 5.95 Å². The van der Waals surface area contributed by atoms with E-state index in [0.717, 1.165) is 22.2 Å². The van der Waals surface area contributed by atoms with Gasteiger partial charge in [0, 0.05) is 16.1 Å². The van der Waals surface area contributed by atoms with Gasteiger partial charge in [-0.1, -0.05) is 23.7 Å². The predicted octanol–water partition coefficient (Wildman–Crippen LogP) is 3.83. The van der Waals surface area contributed by atoms with E-state index >= 15 is 0 Å². The van der Waals surface area contributed by atoms with Crippen molar-refractivity contribution >= 4 is 45.9 Å². The number of aromatic nitrogens is 2. The number of aryl methyl sites for hydroxylation is 1. The molecule has 0 saturated carbocycles. The maximum Gasteiger partial charge on any atom is 0.322 e. The number of fused-ring (bicyclic) bond motifs is 1. The first-order valence-corrected chi connectivity index (χ1v) is 7.66. The molecule has 3 N–H and O–H groups in total. The molecular weight excluding hydrogens is 328 g/mol. The Morgan fingerprint density at radius 3 is 2.75 bits per heavy atom. The Kier molecular flexibility index (Phi) is 4.48. The van der Waals surface area contributed by atoms with Gasteiger partial charge in [-0.25, -0.2) is 4.98 Å². The number of nitrogens with zero attached hydrogens (tertiary/aromatic N) is 2. The van der Waals surface area contributed by atoms with Crippen molar-refractivity contribution in [2.24, 2.45) is 0 Å². The Morgan fingerprint density at radius 1 is 1.21 bits per heavy atom. The standard InChI is InChI=1S/C17H15ClN4O2/c1-10-8-11(18)6-7-13(10)20-17-21-14-5-3-2-4-12(14)16(22-17)19-9-15(23)24/h2-8H,9H2,1H3,(H,23,24)(H2,19,20,21,22). The number of halogens is 1. The van der Waals surface area contributed by atoms with E-state index in [1.54, 1.807) is 6.07 Å². The molecule has 0 saturated heterocycles. The Labute approximate surface area is 143 Å². The quantitative estimate of drug-likeness (QED) is 0.653. The second kappa shape index (κ2) is 6.72. The maximum absolute atomic E-state index is 10.8. The van der Waals surface area contributed by atoms with Crippen LogP contribution in [-0.2, 0) is 4.79 Å². The summed E-state index contributed by atoms with van der Waals surface area (Å²) in [6, 6.07) is 12.9. The van der Waals surface area contributed by atoms with Gasteiger partial charge in [0.05, 0.1) is 5.52 Å². The summed E-state index contributed by atoms with van der Waals surface area (Å²) in [5.74, 6) is -0.107. The van der Waals surface area contributed by atoms with E-state index in [1.807, 2.05) is 43.3 Å². The topological polar surface area (TPSA) is 87.1 Å². The van der Waals surface area contributed by atoms with Crippen LogP contribution in [0.15, 0.2) is 42.5 Å². The highest BCUT2D eigenvalue weighted by Gasteiger charge is 2.09. The molecule has 3 aromatic rings. The zero-order chi connectivity index (χ0) is 17.1. The lowest BCUT2D eigenvalue weighted by Crippen LogP contribution is -2.14. The van der Waals surface area contributed by atoms with Gasteiger partial charge >= 0.3 is 5.97 Å². The van der Waals surface area contributed by atoms with Crippen molar-refractivity contribution in [1.29, 1.82) is 0 Å². The normalized spacial score (nSPS) is 10.6. The zero-order valence-corrected chi connectivity index (χ0v) is 13.6. The number of carboxylic acid groups (broad SMARTS) is 1. The predicted molar refractivity (Wildman–Crippen MR) is 95.1 cm³/mol. The fourth-order valence-electron chi connectivity index (χ4n) is 2.31. The Balaban J connectivity index is 1.99. The first-order chi connectivity index (χ1) is 11.5. The molecule has 0 aliphatic rings. The van der Waals surface area contributed by atoms with Gasteiger partial charge in [-0.05, 0) is 42.8 Å². The van der Waals surface area contributed by atoms with Crippen LogP contribution in [0.4, 0.5) is 17.5 Å². The highest BCUT2D eigenvalue weighted by atomic mass is 35.5. The van der Waals surface area contributed by atoms with Crippen molar-refractivity contribution in [3.8, 4) is 0 Å². The average Bonchev–Trinajstić information content (AvgIpc) is 2.55. The minimum atomic E-state index is -0.958. The van der Waals surface area contributed by atoms with Crippen LogP contribution in [0.5, 0.6) is 0 Å². The molecule has 0 atom stereocenters. The highest BCUT2D eigenvalue weighted by molar-refractivity contribution is 6.30. The van der Waals surface area contributed by atoms with Gasteiger partial charge in [0.25, 0.3) is 0 Å². The average molecular weight is 343 g/mol. The van der Waals surface area contributed by atoms with Crippen molar-refractivity contribution in [2.75, 3.05) is 17.2 Å². The van der Waals surface area contributed by atoms with E-state index in [-0.39, 0.29) is 6.54 Å². The van der Waals surface area contributed by atoms with Crippen molar-refractivity contribution < 1.29 is 9.90 Å². The molecule has 0 bridgehead atoms. The number of rotatable bonds is 5. The summed E-state index contributed by atoms with van der Waals surface area (Å²) in [5.41, 5.74) is 2.51. The third-order valence-corrected chi connectivity index (χ3v) is 3.68. The minimum Gasteiger partial charge on any atom is -0.480 e. The molecule has 0 spiro atoms. The van der Waals surface area contributed by atoms with Crippen LogP contribution < -0.4 is 10.6 Å². The van der Waals surface area contributed by atoms with Gasteiger partial charge in [0.15, 0.2) is 0 Å². The van der Waals surface area contributed by atoms with Gasteiger partial charge < -0.3 is 15.7 Å². The lowest BCUT2D eigenvalue weighted by Gasteiger charge is -2.12. The van der Waals surface area contributed by atoms with E-state index < -0.39 is 5.97 Å². The summed E-state index contributed by atoms with van der Waals surface area (Å²) in [6.07, 6.45) is 0. The van der Waals surface area contributed by atoms with E-state index in [4.69, 9.17) is 16.7 Å². The van der Waals surface area contributed by atoms with Crippen molar-refractivity contribution in [3.05, 3.63) is 53.1 Å². The zero-order valence-electron chi connectivity index (χ0n) is 12.9. The Morgan fingerprint density at radius 2 is 2.00 bits per heavy atom. The molecule has 1 aromatic heterocycles. The van der Waals surface area contributed by atoms with E-state index in [0.29, 0.717) is 16.8 Å². The molecular formula is C17H15ClN4O2. The molecule has 0 aliphatic carbocycles. The Bertz CT molecular complexity index is 914. The monoisotopic (exact) mass is 342 g/mol. The van der Waals surface area contributed by atoms with Crippen LogP contribution in [0.1, 0.15) is 5.56 Å². The fourth-order valence-corrected chi connectivity index (χ4v) is 2.54. The summed E-state index contributed by atoms with van der Waals surface area (Å²) in [5, 5.41) is 16.3. The molecule has 3 rings (SSSR count). The number of carbonyl (C=O) groups is 1. The summed E-state index contributed by atoms with van der Waals surface area (Å²) in [4.78, 5) is 19.7. The summed E-state index contributed by atoms with van der Waals surface area (Å²) in [6.45, 7) is 1.71. The molecule has 7 heteroatoms. The lowest BCUT2D eigenvalue weighted by atomic mass is 10.2. The lowest BCUT2D eigenvalue weighted by molar-refractivity contribution is -0.134. The number of nitrogens with one attached hydrogen (secondary N) is 2. The molecule has 0 amide bonds. The molecule has 6 nitrogen and oxygen atoms in total. The third kappa shape index (κ3) is 3.55. The molecule has 122 valence electrons. The second-order valence-corrected chi connectivity index (χ2v) is 5.68. The van der Waals surface area contributed by atoms with Crippen molar-refractivity contribution in [1.82, 2.24) is 9.97 Å². The first kappa shape index (κ1) is 16.0. The van der Waals surface area contributed by atoms with Crippen LogP contribution in [0.2, 0.25) is 5.02 Å². The molecule has 24 heavy (non-hydrogen) atoms. The number of carboxylic acids is 1. The van der Waals surface area contributed by atoms with Crippen LogP contribution in [0.25, 0.3) is 10.9 Å². The number of anilines is 3. The molecule has 0 radical (unpaired) electrons. The number of aliphatic carboxylic acids is 1. The van der Waals surface area contributed by atoms with Crippen LogP contribution in [0, 0.1) is 6.92 Å². The van der Waals surface area contributed by atoms with Crippen molar-refractivity contribution in [3.63, 3.8) is 0 Å². The number of hydrogen-bond acceptors (Lipinski definition) is 5. The van der Waals surface area contributed by atoms with Crippen LogP contribution in [-0.4, -0.2) is 27.6 Å². The summed E-state index contributed by atoms with van der Waals surface area (Å²) >= 11 is 5.97. The minimum absolute atomic E-state index is 0.222. The van der Waals surface area contributed by atoms with Gasteiger partial charge in [-0.15, -0.1) is 0 Å². The first-order valence-electron chi connectivity index (χ1n) is 7.28. The largest absolute Gasteiger partial charge is 0.480 e. The SMILES string of the molecule is Cc1cc(Cl)ccc1Nc1nc(NCC(=O)O)c2ccccc2n1. The maximum atomic E-state index is 10.8. The number of hydrogen-bond donors (Lipinski definition) is 3.